The van der Waals surface area contributed by atoms with Crippen molar-refractivity contribution in [3.05, 3.63) is 23.8 Å². The van der Waals surface area contributed by atoms with Gasteiger partial charge in [0.15, 0.2) is 0 Å². The van der Waals surface area contributed by atoms with Gasteiger partial charge in [-0.25, -0.2) is 9.40 Å². The molecular formula is C12H17N5O3S. The number of carbonyl (C=O) groups excluding carboxylic acids is 1. The first-order chi connectivity index (χ1) is 9.89. The van der Waals surface area contributed by atoms with Crippen LogP contribution < -0.4 is 4.72 Å². The van der Waals surface area contributed by atoms with E-state index in [0.717, 1.165) is 5.52 Å². The van der Waals surface area contributed by atoms with Crippen LogP contribution in [0, 0.1) is 0 Å². The molecule has 21 heavy (non-hydrogen) atoms. The summed E-state index contributed by atoms with van der Waals surface area (Å²) >= 11 is 0. The zero-order valence-corrected chi connectivity index (χ0v) is 12.9. The number of aryl methyl sites for hydroxylation is 1. The van der Waals surface area contributed by atoms with Crippen LogP contribution in [-0.4, -0.2) is 46.7 Å². The second-order valence-corrected chi connectivity index (χ2v) is 6.11. The Morgan fingerprint density at radius 2 is 2.00 bits per heavy atom. The highest BCUT2D eigenvalue weighted by molar-refractivity contribution is 7.87. The Bertz CT molecular complexity index is 764. The van der Waals surface area contributed by atoms with E-state index in [1.807, 2.05) is 0 Å². The van der Waals surface area contributed by atoms with E-state index >= 15 is 0 Å². The average molecular weight is 311 g/mol. The van der Waals surface area contributed by atoms with Crippen LogP contribution in [0.15, 0.2) is 18.2 Å². The molecule has 1 aromatic carbocycles. The number of fused-ring (bicyclic) bond motifs is 1. The van der Waals surface area contributed by atoms with Gasteiger partial charge in [0.05, 0.1) is 5.52 Å². The Kier molecular flexibility index (Phi) is 4.24. The monoisotopic (exact) mass is 311 g/mol. The van der Waals surface area contributed by atoms with Gasteiger partial charge < -0.3 is 0 Å². The van der Waals surface area contributed by atoms with Gasteiger partial charge in [0, 0.05) is 25.7 Å². The van der Waals surface area contributed by atoms with Crippen molar-refractivity contribution in [2.24, 2.45) is 7.05 Å². The van der Waals surface area contributed by atoms with Crippen molar-refractivity contribution in [1.82, 2.24) is 24.0 Å². The van der Waals surface area contributed by atoms with Crippen LogP contribution in [0.2, 0.25) is 0 Å². The van der Waals surface area contributed by atoms with Gasteiger partial charge in [-0.2, -0.15) is 12.7 Å². The fraction of sp³-hybridized carbons (Fsp3) is 0.417. The number of amides is 1. The van der Waals surface area contributed by atoms with E-state index in [2.05, 4.69) is 15.0 Å². The second kappa shape index (κ2) is 5.78. The average Bonchev–Trinajstić information content (AvgIpc) is 2.80. The summed E-state index contributed by atoms with van der Waals surface area (Å²) in [4.78, 5) is 12.1. The molecule has 0 aliphatic carbocycles. The summed E-state index contributed by atoms with van der Waals surface area (Å²) in [5.41, 5.74) is 1.52. The van der Waals surface area contributed by atoms with Gasteiger partial charge in [0.2, 0.25) is 0 Å². The minimum atomic E-state index is -3.83. The number of benzene rings is 1. The summed E-state index contributed by atoms with van der Waals surface area (Å²) < 4.78 is 28.8. The first kappa shape index (κ1) is 15.4. The standard InChI is InChI=1S/C12H17N5O3S/c1-4-17(5-2)21(19,20)14-12(18)9-6-7-11-10(8-9)13-15-16(11)3/h6-8H,4-5H2,1-3H3,(H,14,18). The van der Waals surface area contributed by atoms with Crippen molar-refractivity contribution in [3.63, 3.8) is 0 Å². The third kappa shape index (κ3) is 3.03. The smallest absolute Gasteiger partial charge is 0.268 e. The SMILES string of the molecule is CCN(CC)S(=O)(=O)NC(=O)c1ccc2c(c1)nnn2C. The van der Waals surface area contributed by atoms with E-state index in [4.69, 9.17) is 0 Å². The second-order valence-electron chi connectivity index (χ2n) is 4.44. The normalized spacial score (nSPS) is 12.0. The largest absolute Gasteiger partial charge is 0.304 e. The molecule has 2 aromatic rings. The fourth-order valence-corrected chi connectivity index (χ4v) is 3.15. The summed E-state index contributed by atoms with van der Waals surface area (Å²) in [5.74, 6) is -0.686. The zero-order chi connectivity index (χ0) is 15.6. The molecule has 0 atom stereocenters. The van der Waals surface area contributed by atoms with Gasteiger partial charge in [0.1, 0.15) is 5.52 Å². The van der Waals surface area contributed by atoms with Crippen LogP contribution in [0.1, 0.15) is 24.2 Å². The summed E-state index contributed by atoms with van der Waals surface area (Å²) in [6.45, 7) is 4.00. The Labute approximate surface area is 122 Å². The third-order valence-electron chi connectivity index (χ3n) is 3.14. The van der Waals surface area contributed by atoms with E-state index in [-0.39, 0.29) is 5.56 Å². The van der Waals surface area contributed by atoms with Crippen molar-refractivity contribution in [1.29, 1.82) is 0 Å². The van der Waals surface area contributed by atoms with Crippen molar-refractivity contribution in [3.8, 4) is 0 Å². The molecule has 9 heteroatoms. The van der Waals surface area contributed by atoms with Gasteiger partial charge in [-0.1, -0.05) is 19.1 Å². The number of nitrogens with zero attached hydrogens (tertiary/aromatic N) is 4. The molecule has 0 spiro atoms. The molecule has 114 valence electrons. The van der Waals surface area contributed by atoms with Crippen molar-refractivity contribution >= 4 is 27.1 Å². The minimum Gasteiger partial charge on any atom is -0.268 e. The van der Waals surface area contributed by atoms with Crippen LogP contribution in [0.4, 0.5) is 0 Å². The van der Waals surface area contributed by atoms with Crippen LogP contribution in [0.25, 0.3) is 11.0 Å². The number of carbonyl (C=O) groups is 1. The summed E-state index contributed by atoms with van der Waals surface area (Å²) in [6.07, 6.45) is 0. The van der Waals surface area contributed by atoms with Crippen LogP contribution in [-0.2, 0) is 17.3 Å². The highest BCUT2D eigenvalue weighted by Crippen LogP contribution is 2.13. The maximum Gasteiger partial charge on any atom is 0.304 e. The van der Waals surface area contributed by atoms with E-state index < -0.39 is 16.1 Å². The highest BCUT2D eigenvalue weighted by atomic mass is 32.2. The number of hydrogen-bond acceptors (Lipinski definition) is 5. The lowest BCUT2D eigenvalue weighted by Gasteiger charge is -2.18. The molecule has 1 amide bonds. The molecule has 1 heterocycles. The Balaban J connectivity index is 2.26. The van der Waals surface area contributed by atoms with E-state index in [1.165, 1.54) is 10.4 Å². The van der Waals surface area contributed by atoms with Crippen molar-refractivity contribution in [2.75, 3.05) is 13.1 Å². The first-order valence-electron chi connectivity index (χ1n) is 6.50. The zero-order valence-electron chi connectivity index (χ0n) is 12.1. The van der Waals surface area contributed by atoms with Crippen molar-refractivity contribution in [2.45, 2.75) is 13.8 Å². The summed E-state index contributed by atoms with van der Waals surface area (Å²) in [6, 6.07) is 4.72. The molecule has 8 nitrogen and oxygen atoms in total. The molecule has 0 radical (unpaired) electrons. The number of hydrogen-bond donors (Lipinski definition) is 1. The Morgan fingerprint density at radius 1 is 1.33 bits per heavy atom. The molecule has 0 aliphatic heterocycles. The predicted molar refractivity (Wildman–Crippen MR) is 77.8 cm³/mol. The molecule has 0 saturated carbocycles. The molecule has 0 fully saturated rings. The molecule has 0 aliphatic rings. The Morgan fingerprint density at radius 3 is 2.62 bits per heavy atom. The molecule has 2 rings (SSSR count). The maximum absolute atomic E-state index is 12.1. The minimum absolute atomic E-state index is 0.221. The number of aromatic nitrogens is 3. The molecule has 0 saturated heterocycles. The lowest BCUT2D eigenvalue weighted by atomic mass is 10.2. The fourth-order valence-electron chi connectivity index (χ4n) is 1.99. The van der Waals surface area contributed by atoms with Gasteiger partial charge >= 0.3 is 10.2 Å². The van der Waals surface area contributed by atoms with Gasteiger partial charge in [-0.3, -0.25) is 4.79 Å². The lowest BCUT2D eigenvalue weighted by molar-refractivity contribution is 0.0979. The summed E-state index contributed by atoms with van der Waals surface area (Å²) in [5, 5.41) is 7.73. The number of nitrogens with one attached hydrogen (secondary N) is 1. The van der Waals surface area contributed by atoms with Crippen LogP contribution in [0.5, 0.6) is 0 Å². The van der Waals surface area contributed by atoms with Crippen LogP contribution >= 0.6 is 0 Å². The molecular weight excluding hydrogens is 294 g/mol. The van der Waals surface area contributed by atoms with E-state index in [1.54, 1.807) is 37.7 Å². The molecule has 1 N–H and O–H groups in total. The van der Waals surface area contributed by atoms with Gasteiger partial charge in [0.25, 0.3) is 5.91 Å². The molecule has 0 unspecified atom stereocenters. The van der Waals surface area contributed by atoms with E-state index in [0.29, 0.717) is 18.6 Å². The van der Waals surface area contributed by atoms with Crippen molar-refractivity contribution < 1.29 is 13.2 Å². The first-order valence-corrected chi connectivity index (χ1v) is 7.94. The van der Waals surface area contributed by atoms with Gasteiger partial charge in [-0.05, 0) is 18.2 Å². The maximum atomic E-state index is 12.1. The predicted octanol–water partition coefficient (Wildman–Crippen LogP) is 0.285. The van der Waals surface area contributed by atoms with E-state index in [9.17, 15) is 13.2 Å². The summed E-state index contributed by atoms with van der Waals surface area (Å²) in [7, 11) is -2.09. The third-order valence-corrected chi connectivity index (χ3v) is 4.78. The number of rotatable bonds is 5. The highest BCUT2D eigenvalue weighted by Gasteiger charge is 2.22. The van der Waals surface area contributed by atoms with Crippen LogP contribution in [0.3, 0.4) is 0 Å². The topological polar surface area (TPSA) is 97.2 Å². The Hall–Kier alpha value is -2.00. The molecule has 0 bridgehead atoms. The lowest BCUT2D eigenvalue weighted by Crippen LogP contribution is -2.43. The molecule has 1 aromatic heterocycles. The quantitative estimate of drug-likeness (QED) is 0.855. The van der Waals surface area contributed by atoms with Gasteiger partial charge in [-0.15, -0.1) is 5.10 Å².